The second-order valence-electron chi connectivity index (χ2n) is 5.51. The zero-order valence-corrected chi connectivity index (χ0v) is 12.7. The number of hydrogen-bond donors (Lipinski definition) is 2. The van der Waals surface area contributed by atoms with Crippen molar-refractivity contribution in [1.82, 2.24) is 9.88 Å². The summed E-state index contributed by atoms with van der Waals surface area (Å²) in [5.41, 5.74) is 6.66. The molecule has 0 bridgehead atoms. The van der Waals surface area contributed by atoms with Gasteiger partial charge in [0.1, 0.15) is 0 Å². The Bertz CT molecular complexity index is 594. The maximum Gasteiger partial charge on any atom is 0.240 e. The lowest BCUT2D eigenvalue weighted by atomic mass is 9.98. The Balaban J connectivity index is 1.58. The minimum Gasteiger partial charge on any atom is -0.330 e. The summed E-state index contributed by atoms with van der Waals surface area (Å²) in [6.07, 6.45) is 2.29. The van der Waals surface area contributed by atoms with Crippen LogP contribution in [0.4, 0.5) is 5.13 Å². The molecule has 1 aliphatic rings. The van der Waals surface area contributed by atoms with E-state index in [1.165, 1.54) is 17.8 Å². The van der Waals surface area contributed by atoms with Crippen molar-refractivity contribution in [3.8, 4) is 0 Å². The number of rotatable bonds is 4. The van der Waals surface area contributed by atoms with Gasteiger partial charge < -0.3 is 11.1 Å². The zero-order valence-electron chi connectivity index (χ0n) is 11.9. The lowest BCUT2D eigenvalue weighted by molar-refractivity contribution is -0.117. The predicted molar refractivity (Wildman–Crippen MR) is 86.5 cm³/mol. The molecule has 1 aliphatic heterocycles. The number of fused-ring (bicyclic) bond motifs is 1. The van der Waals surface area contributed by atoms with Gasteiger partial charge in [-0.05, 0) is 44.0 Å². The summed E-state index contributed by atoms with van der Waals surface area (Å²) in [4.78, 5) is 18.7. The number of nitrogens with zero attached hydrogens (tertiary/aromatic N) is 2. The first-order chi connectivity index (χ1) is 10.2. The summed E-state index contributed by atoms with van der Waals surface area (Å²) in [5.74, 6) is 0.528. The Hall–Kier alpha value is -1.50. The van der Waals surface area contributed by atoms with Gasteiger partial charge >= 0.3 is 0 Å². The smallest absolute Gasteiger partial charge is 0.240 e. The third-order valence-electron chi connectivity index (χ3n) is 3.84. The Labute approximate surface area is 128 Å². The van der Waals surface area contributed by atoms with Gasteiger partial charge in [-0.15, -0.1) is 0 Å². The van der Waals surface area contributed by atoms with Gasteiger partial charge in [-0.25, -0.2) is 4.98 Å². The average molecular weight is 304 g/mol. The topological polar surface area (TPSA) is 71.2 Å². The van der Waals surface area contributed by atoms with Crippen molar-refractivity contribution in [2.45, 2.75) is 12.8 Å². The van der Waals surface area contributed by atoms with Gasteiger partial charge in [0.2, 0.25) is 5.91 Å². The molecule has 1 unspecified atom stereocenters. The summed E-state index contributed by atoms with van der Waals surface area (Å²) in [6.45, 7) is 3.02. The van der Waals surface area contributed by atoms with Gasteiger partial charge in [0.25, 0.3) is 0 Å². The maximum atomic E-state index is 12.1. The van der Waals surface area contributed by atoms with E-state index in [2.05, 4.69) is 15.2 Å². The molecule has 3 rings (SSSR count). The van der Waals surface area contributed by atoms with Crippen LogP contribution < -0.4 is 11.1 Å². The van der Waals surface area contributed by atoms with E-state index in [9.17, 15) is 4.79 Å². The van der Waals surface area contributed by atoms with Crippen molar-refractivity contribution >= 4 is 32.6 Å². The van der Waals surface area contributed by atoms with E-state index in [0.717, 1.165) is 29.7 Å². The maximum absolute atomic E-state index is 12.1. The van der Waals surface area contributed by atoms with Gasteiger partial charge in [0.05, 0.1) is 16.8 Å². The van der Waals surface area contributed by atoms with E-state index in [1.807, 2.05) is 24.3 Å². The summed E-state index contributed by atoms with van der Waals surface area (Å²) in [6, 6.07) is 7.90. The Morgan fingerprint density at radius 2 is 2.33 bits per heavy atom. The lowest BCUT2D eigenvalue weighted by Gasteiger charge is -2.31. The Kier molecular flexibility index (Phi) is 4.48. The number of likely N-dealkylation sites (tertiary alicyclic amines) is 1. The number of anilines is 1. The zero-order chi connectivity index (χ0) is 14.7. The standard InChI is InChI=1S/C15H20N4OS/c16-8-11-4-3-7-19(9-11)10-14(20)18-15-17-12-5-1-2-6-13(12)21-15/h1-2,5-6,11H,3-4,7-10,16H2,(H,17,18,20). The van der Waals surface area contributed by atoms with Crippen LogP contribution in [0, 0.1) is 5.92 Å². The second-order valence-corrected chi connectivity index (χ2v) is 6.54. The number of amides is 1. The SMILES string of the molecule is NCC1CCCN(CC(=O)Nc2nc3ccccc3s2)C1. The number of hydrogen-bond acceptors (Lipinski definition) is 5. The Morgan fingerprint density at radius 3 is 3.14 bits per heavy atom. The number of nitrogens with one attached hydrogen (secondary N) is 1. The average Bonchev–Trinajstić information content (AvgIpc) is 2.89. The monoisotopic (exact) mass is 304 g/mol. The number of thiazole rings is 1. The van der Waals surface area contributed by atoms with Crippen LogP contribution in [0.25, 0.3) is 10.2 Å². The first-order valence-electron chi connectivity index (χ1n) is 7.32. The molecule has 112 valence electrons. The number of aromatic nitrogens is 1. The number of benzene rings is 1. The highest BCUT2D eigenvalue weighted by Crippen LogP contribution is 2.25. The van der Waals surface area contributed by atoms with Crippen molar-refractivity contribution in [2.75, 3.05) is 31.5 Å². The predicted octanol–water partition coefficient (Wildman–Crippen LogP) is 1.91. The third kappa shape index (κ3) is 3.58. The van der Waals surface area contributed by atoms with E-state index in [-0.39, 0.29) is 5.91 Å². The van der Waals surface area contributed by atoms with Crippen molar-refractivity contribution < 1.29 is 4.79 Å². The fourth-order valence-electron chi connectivity index (χ4n) is 2.77. The highest BCUT2D eigenvalue weighted by atomic mass is 32.1. The highest BCUT2D eigenvalue weighted by Gasteiger charge is 2.20. The largest absolute Gasteiger partial charge is 0.330 e. The molecule has 0 aliphatic carbocycles. The third-order valence-corrected chi connectivity index (χ3v) is 4.80. The molecule has 1 aromatic carbocycles. The molecule has 0 spiro atoms. The normalized spacial score (nSPS) is 19.8. The van der Waals surface area contributed by atoms with Crippen LogP contribution in [-0.2, 0) is 4.79 Å². The molecule has 2 aromatic rings. The molecular weight excluding hydrogens is 284 g/mol. The Morgan fingerprint density at radius 1 is 1.48 bits per heavy atom. The van der Waals surface area contributed by atoms with E-state index in [0.29, 0.717) is 24.1 Å². The summed E-state index contributed by atoms with van der Waals surface area (Å²) < 4.78 is 1.09. The molecule has 6 heteroatoms. The number of carbonyl (C=O) groups is 1. The molecule has 2 heterocycles. The molecule has 0 radical (unpaired) electrons. The van der Waals surface area contributed by atoms with Gasteiger partial charge in [-0.1, -0.05) is 23.5 Å². The van der Waals surface area contributed by atoms with Crippen LogP contribution in [0.5, 0.6) is 0 Å². The van der Waals surface area contributed by atoms with Gasteiger partial charge in [0.15, 0.2) is 5.13 Å². The first kappa shape index (κ1) is 14.4. The minimum absolute atomic E-state index is 0.00623. The molecule has 1 fully saturated rings. The molecule has 0 saturated carbocycles. The highest BCUT2D eigenvalue weighted by molar-refractivity contribution is 7.22. The van der Waals surface area contributed by atoms with E-state index >= 15 is 0 Å². The molecule has 5 nitrogen and oxygen atoms in total. The molecule has 21 heavy (non-hydrogen) atoms. The van der Waals surface area contributed by atoms with Crippen molar-refractivity contribution in [3.05, 3.63) is 24.3 Å². The van der Waals surface area contributed by atoms with Gasteiger partial charge in [-0.3, -0.25) is 9.69 Å². The molecule has 1 atom stereocenters. The van der Waals surface area contributed by atoms with E-state index in [1.54, 1.807) is 0 Å². The quantitative estimate of drug-likeness (QED) is 0.905. The fraction of sp³-hybridized carbons (Fsp3) is 0.467. The number of carbonyl (C=O) groups excluding carboxylic acids is 1. The van der Waals surface area contributed by atoms with Crippen molar-refractivity contribution in [3.63, 3.8) is 0 Å². The summed E-state index contributed by atoms with van der Waals surface area (Å²) in [7, 11) is 0. The van der Waals surface area contributed by atoms with Gasteiger partial charge in [-0.2, -0.15) is 0 Å². The summed E-state index contributed by atoms with van der Waals surface area (Å²) >= 11 is 1.51. The van der Waals surface area contributed by atoms with Crippen LogP contribution in [0.3, 0.4) is 0 Å². The van der Waals surface area contributed by atoms with Crippen LogP contribution in [0.2, 0.25) is 0 Å². The van der Waals surface area contributed by atoms with Crippen LogP contribution in [0.15, 0.2) is 24.3 Å². The minimum atomic E-state index is 0.00623. The molecular formula is C15H20N4OS. The molecule has 1 amide bonds. The van der Waals surface area contributed by atoms with Crippen LogP contribution >= 0.6 is 11.3 Å². The number of para-hydroxylation sites is 1. The summed E-state index contributed by atoms with van der Waals surface area (Å²) in [5, 5.41) is 3.58. The van der Waals surface area contributed by atoms with E-state index < -0.39 is 0 Å². The number of piperidine rings is 1. The number of nitrogens with two attached hydrogens (primary N) is 1. The van der Waals surface area contributed by atoms with Crippen LogP contribution in [-0.4, -0.2) is 42.0 Å². The van der Waals surface area contributed by atoms with E-state index in [4.69, 9.17) is 5.73 Å². The van der Waals surface area contributed by atoms with Crippen molar-refractivity contribution in [1.29, 1.82) is 0 Å². The lowest BCUT2D eigenvalue weighted by Crippen LogP contribution is -2.42. The van der Waals surface area contributed by atoms with Crippen LogP contribution in [0.1, 0.15) is 12.8 Å². The van der Waals surface area contributed by atoms with Crippen molar-refractivity contribution in [2.24, 2.45) is 11.7 Å². The second kappa shape index (κ2) is 6.51. The fourth-order valence-corrected chi connectivity index (χ4v) is 3.66. The molecule has 3 N–H and O–H groups in total. The first-order valence-corrected chi connectivity index (χ1v) is 8.14. The molecule has 1 saturated heterocycles. The van der Waals surface area contributed by atoms with Gasteiger partial charge in [0, 0.05) is 6.54 Å². The molecule has 1 aromatic heterocycles.